The van der Waals surface area contributed by atoms with Gasteiger partial charge in [-0.05, 0) is 49.9 Å². The number of ether oxygens (including phenoxy) is 1. The van der Waals surface area contributed by atoms with E-state index in [1.165, 1.54) is 13.0 Å². The summed E-state index contributed by atoms with van der Waals surface area (Å²) in [5, 5.41) is 0. The van der Waals surface area contributed by atoms with Crippen molar-refractivity contribution in [2.75, 3.05) is 19.7 Å². The molecule has 1 aromatic rings. The second kappa shape index (κ2) is 7.04. The van der Waals surface area contributed by atoms with Gasteiger partial charge in [-0.15, -0.1) is 0 Å². The van der Waals surface area contributed by atoms with Crippen LogP contribution in [-0.4, -0.2) is 35.6 Å². The van der Waals surface area contributed by atoms with Crippen molar-refractivity contribution < 1.29 is 4.74 Å². The molecule has 2 unspecified atom stereocenters. The first kappa shape index (κ1) is 15.3. The van der Waals surface area contributed by atoms with Crippen molar-refractivity contribution in [1.82, 2.24) is 4.90 Å². The van der Waals surface area contributed by atoms with Gasteiger partial charge in [0.25, 0.3) is 0 Å². The molecule has 0 amide bonds. The van der Waals surface area contributed by atoms with Gasteiger partial charge in [0.15, 0.2) is 0 Å². The van der Waals surface area contributed by atoms with E-state index in [1.54, 1.807) is 0 Å². The summed E-state index contributed by atoms with van der Waals surface area (Å²) in [6.07, 6.45) is 2.38. The Morgan fingerprint density at radius 3 is 2.60 bits per heavy atom. The number of rotatable bonds is 6. The van der Waals surface area contributed by atoms with Crippen molar-refractivity contribution in [3.63, 3.8) is 0 Å². The lowest BCUT2D eigenvalue weighted by atomic mass is 10.1. The molecule has 2 rings (SSSR count). The summed E-state index contributed by atoms with van der Waals surface area (Å²) in [6, 6.07) is 8.38. The fourth-order valence-electron chi connectivity index (χ4n) is 2.87. The number of hydrogen-bond donors (Lipinski definition) is 1. The van der Waals surface area contributed by atoms with E-state index < -0.39 is 0 Å². The van der Waals surface area contributed by atoms with Crippen LogP contribution in [0, 0.1) is 5.92 Å². The molecular weight excluding hydrogens is 268 g/mol. The average molecular weight is 292 g/mol. The molecule has 1 aliphatic heterocycles. The summed E-state index contributed by atoms with van der Waals surface area (Å²) in [7, 11) is 0. The first-order valence-corrected chi connectivity index (χ1v) is 7.74. The Balaban J connectivity index is 1.69. The molecule has 1 heterocycles. The molecule has 0 bridgehead atoms. The minimum absolute atomic E-state index is 0.425. The van der Waals surface area contributed by atoms with Crippen molar-refractivity contribution in [3.8, 4) is 5.75 Å². The van der Waals surface area contributed by atoms with Crippen LogP contribution in [0.2, 0.25) is 0 Å². The monoisotopic (exact) mass is 292 g/mol. The van der Waals surface area contributed by atoms with Crippen molar-refractivity contribution in [2.24, 2.45) is 11.7 Å². The summed E-state index contributed by atoms with van der Waals surface area (Å²) >= 11 is 4.92. The molecule has 1 aromatic carbocycles. The van der Waals surface area contributed by atoms with Crippen LogP contribution in [0.4, 0.5) is 0 Å². The number of nitrogens with two attached hydrogens (primary N) is 1. The third kappa shape index (κ3) is 4.18. The van der Waals surface area contributed by atoms with E-state index in [-0.39, 0.29) is 0 Å². The third-order valence-corrected chi connectivity index (χ3v) is 4.15. The molecule has 3 nitrogen and oxygen atoms in total. The van der Waals surface area contributed by atoms with E-state index in [0.29, 0.717) is 4.99 Å². The summed E-state index contributed by atoms with van der Waals surface area (Å²) in [5.41, 5.74) is 6.45. The molecule has 20 heavy (non-hydrogen) atoms. The van der Waals surface area contributed by atoms with Gasteiger partial charge in [0.05, 0.1) is 6.61 Å². The summed E-state index contributed by atoms with van der Waals surface area (Å²) in [5.74, 6) is 1.71. The predicted molar refractivity (Wildman–Crippen MR) is 87.3 cm³/mol. The first-order chi connectivity index (χ1) is 9.56. The molecule has 4 heteroatoms. The minimum atomic E-state index is 0.425. The lowest BCUT2D eigenvalue weighted by molar-refractivity contribution is 0.228. The molecule has 0 aliphatic carbocycles. The van der Waals surface area contributed by atoms with E-state index in [0.717, 1.165) is 42.8 Å². The maximum atomic E-state index is 5.75. The van der Waals surface area contributed by atoms with Crippen LogP contribution in [0.15, 0.2) is 24.3 Å². The van der Waals surface area contributed by atoms with E-state index in [4.69, 9.17) is 22.7 Å². The Morgan fingerprint density at radius 2 is 2.05 bits per heavy atom. The molecule has 1 saturated heterocycles. The molecule has 110 valence electrons. The van der Waals surface area contributed by atoms with Crippen LogP contribution in [0.5, 0.6) is 5.75 Å². The van der Waals surface area contributed by atoms with Crippen molar-refractivity contribution in [3.05, 3.63) is 29.8 Å². The van der Waals surface area contributed by atoms with E-state index >= 15 is 0 Å². The molecule has 1 fully saturated rings. The molecular formula is C16H24N2OS. The molecule has 0 radical (unpaired) electrons. The topological polar surface area (TPSA) is 38.5 Å². The van der Waals surface area contributed by atoms with Gasteiger partial charge in [-0.25, -0.2) is 0 Å². The highest BCUT2D eigenvalue weighted by Gasteiger charge is 2.25. The zero-order valence-corrected chi connectivity index (χ0v) is 13.2. The molecule has 0 aromatic heterocycles. The smallest absolute Gasteiger partial charge is 0.119 e. The van der Waals surface area contributed by atoms with Crippen molar-refractivity contribution in [2.45, 2.75) is 32.7 Å². The lowest BCUT2D eigenvalue weighted by Crippen LogP contribution is -2.29. The number of likely N-dealkylation sites (tertiary alicyclic amines) is 1. The molecule has 1 aliphatic rings. The van der Waals surface area contributed by atoms with Gasteiger partial charge < -0.3 is 15.4 Å². The summed E-state index contributed by atoms with van der Waals surface area (Å²) in [6.45, 7) is 7.75. The predicted octanol–water partition coefficient (Wildman–Crippen LogP) is 2.82. The maximum Gasteiger partial charge on any atom is 0.119 e. The van der Waals surface area contributed by atoms with Gasteiger partial charge in [0.1, 0.15) is 10.7 Å². The zero-order valence-electron chi connectivity index (χ0n) is 12.3. The first-order valence-electron chi connectivity index (χ1n) is 7.33. The standard InChI is InChI=1S/C16H24N2OS/c1-12-10-13(2)18(11-12)8-3-9-19-15-6-4-14(5-7-15)16(17)20/h4-7,12-13H,3,8-11H2,1-2H3,(H2,17,20). The van der Waals surface area contributed by atoms with Crippen LogP contribution in [0.3, 0.4) is 0 Å². The van der Waals surface area contributed by atoms with Crippen LogP contribution >= 0.6 is 12.2 Å². The quantitative estimate of drug-likeness (QED) is 0.646. The zero-order chi connectivity index (χ0) is 14.5. The number of benzene rings is 1. The molecule has 0 saturated carbocycles. The number of nitrogens with zero attached hydrogens (tertiary/aromatic N) is 1. The number of hydrogen-bond acceptors (Lipinski definition) is 3. The molecule has 2 N–H and O–H groups in total. The number of thiocarbonyl (C=S) groups is 1. The Morgan fingerprint density at radius 1 is 1.35 bits per heavy atom. The Labute approximate surface area is 127 Å². The van der Waals surface area contributed by atoms with E-state index in [1.807, 2.05) is 24.3 Å². The molecule has 0 spiro atoms. The summed E-state index contributed by atoms with van der Waals surface area (Å²) < 4.78 is 5.75. The third-order valence-electron chi connectivity index (χ3n) is 3.91. The highest BCUT2D eigenvalue weighted by Crippen LogP contribution is 2.22. The maximum absolute atomic E-state index is 5.75. The Hall–Kier alpha value is -1.13. The largest absolute Gasteiger partial charge is 0.494 e. The van der Waals surface area contributed by atoms with Gasteiger partial charge >= 0.3 is 0 Å². The normalized spacial score (nSPS) is 22.9. The molecule has 2 atom stereocenters. The van der Waals surface area contributed by atoms with Crippen LogP contribution < -0.4 is 10.5 Å². The summed E-state index contributed by atoms with van der Waals surface area (Å²) in [4.78, 5) is 2.98. The van der Waals surface area contributed by atoms with E-state index in [2.05, 4.69) is 18.7 Å². The van der Waals surface area contributed by atoms with E-state index in [9.17, 15) is 0 Å². The van der Waals surface area contributed by atoms with Gasteiger partial charge in [-0.1, -0.05) is 19.1 Å². The lowest BCUT2D eigenvalue weighted by Gasteiger charge is -2.20. The minimum Gasteiger partial charge on any atom is -0.494 e. The van der Waals surface area contributed by atoms with Gasteiger partial charge in [-0.2, -0.15) is 0 Å². The fourth-order valence-corrected chi connectivity index (χ4v) is 3.01. The van der Waals surface area contributed by atoms with Crippen molar-refractivity contribution in [1.29, 1.82) is 0 Å². The SMILES string of the molecule is CC1CC(C)N(CCCOc2ccc(C(N)=S)cc2)C1. The Kier molecular flexibility index (Phi) is 5.38. The van der Waals surface area contributed by atoms with Gasteiger partial charge in [0.2, 0.25) is 0 Å². The van der Waals surface area contributed by atoms with Crippen LogP contribution in [-0.2, 0) is 0 Å². The van der Waals surface area contributed by atoms with Crippen LogP contribution in [0.1, 0.15) is 32.3 Å². The fraction of sp³-hybridized carbons (Fsp3) is 0.562. The average Bonchev–Trinajstić information content (AvgIpc) is 2.73. The van der Waals surface area contributed by atoms with Gasteiger partial charge in [-0.3, -0.25) is 0 Å². The highest BCUT2D eigenvalue weighted by atomic mass is 32.1. The second-order valence-electron chi connectivity index (χ2n) is 5.78. The second-order valence-corrected chi connectivity index (χ2v) is 6.22. The van der Waals surface area contributed by atoms with Crippen molar-refractivity contribution >= 4 is 17.2 Å². The Bertz CT molecular complexity index is 446. The van der Waals surface area contributed by atoms with Crippen LogP contribution in [0.25, 0.3) is 0 Å². The van der Waals surface area contributed by atoms with Gasteiger partial charge in [0, 0.05) is 24.7 Å². The highest BCUT2D eigenvalue weighted by molar-refractivity contribution is 7.80.